The highest BCUT2D eigenvalue weighted by Gasteiger charge is 2.15. The van der Waals surface area contributed by atoms with Gasteiger partial charge in [0.2, 0.25) is 0 Å². The third-order valence-electron chi connectivity index (χ3n) is 3.13. The molecule has 2 aromatic rings. The van der Waals surface area contributed by atoms with Crippen molar-refractivity contribution in [2.75, 3.05) is 24.7 Å². The van der Waals surface area contributed by atoms with Crippen LogP contribution in [0.4, 0.5) is 11.4 Å². The van der Waals surface area contributed by atoms with Crippen molar-refractivity contribution in [3.63, 3.8) is 0 Å². The van der Waals surface area contributed by atoms with Gasteiger partial charge in [-0.15, -0.1) is 11.3 Å². The molecule has 0 saturated carbocycles. The van der Waals surface area contributed by atoms with Crippen LogP contribution in [0.3, 0.4) is 0 Å². The number of thiazole rings is 1. The summed E-state index contributed by atoms with van der Waals surface area (Å²) in [6.07, 6.45) is 1.81. The summed E-state index contributed by atoms with van der Waals surface area (Å²) in [6.45, 7) is 3.92. The van der Waals surface area contributed by atoms with Gasteiger partial charge in [-0.25, -0.2) is 4.98 Å². The topological polar surface area (TPSA) is 71.2 Å². The van der Waals surface area contributed by atoms with E-state index in [4.69, 9.17) is 5.73 Å². The van der Waals surface area contributed by atoms with E-state index in [2.05, 4.69) is 10.3 Å². The number of nitrogens with one attached hydrogen (secondary N) is 1. The molecule has 5 nitrogen and oxygen atoms in total. The number of aromatic nitrogens is 1. The van der Waals surface area contributed by atoms with Crippen LogP contribution >= 0.6 is 11.3 Å². The standard InChI is InChI=1S/C15H20N4OS/c1-9-8-17-15(21-9)10(2)18-14(20)11-5-6-13(19(3)4)12(16)7-11/h5-8,10H,16H2,1-4H3,(H,18,20). The highest BCUT2D eigenvalue weighted by molar-refractivity contribution is 7.11. The normalized spacial score (nSPS) is 12.0. The smallest absolute Gasteiger partial charge is 0.251 e. The third-order valence-corrected chi connectivity index (χ3v) is 4.22. The first kappa shape index (κ1) is 15.3. The summed E-state index contributed by atoms with van der Waals surface area (Å²) in [6, 6.07) is 5.21. The monoisotopic (exact) mass is 304 g/mol. The molecule has 0 radical (unpaired) electrons. The minimum absolute atomic E-state index is 0.119. The molecule has 6 heteroatoms. The molecule has 1 heterocycles. The fourth-order valence-electron chi connectivity index (χ4n) is 2.02. The van der Waals surface area contributed by atoms with Crippen LogP contribution in [0.5, 0.6) is 0 Å². The van der Waals surface area contributed by atoms with Crippen molar-refractivity contribution >= 4 is 28.6 Å². The van der Waals surface area contributed by atoms with E-state index in [0.717, 1.165) is 15.6 Å². The van der Waals surface area contributed by atoms with Crippen LogP contribution in [0.15, 0.2) is 24.4 Å². The number of nitrogens with two attached hydrogens (primary N) is 1. The molecule has 2 rings (SSSR count). The molecule has 1 amide bonds. The Morgan fingerprint density at radius 2 is 2.14 bits per heavy atom. The first-order chi connectivity index (χ1) is 9.88. The number of rotatable bonds is 4. The van der Waals surface area contributed by atoms with E-state index in [-0.39, 0.29) is 11.9 Å². The quantitative estimate of drug-likeness (QED) is 0.852. The Kier molecular flexibility index (Phi) is 4.47. The van der Waals surface area contributed by atoms with Gasteiger partial charge >= 0.3 is 0 Å². The Morgan fingerprint density at radius 1 is 1.43 bits per heavy atom. The van der Waals surface area contributed by atoms with Crippen molar-refractivity contribution in [3.05, 3.63) is 39.8 Å². The van der Waals surface area contributed by atoms with Gasteiger partial charge in [0, 0.05) is 30.7 Å². The number of amides is 1. The van der Waals surface area contributed by atoms with Crippen molar-refractivity contribution in [1.82, 2.24) is 10.3 Å². The molecule has 0 aliphatic rings. The Hall–Kier alpha value is -2.08. The van der Waals surface area contributed by atoms with Crippen LogP contribution in [-0.4, -0.2) is 25.0 Å². The van der Waals surface area contributed by atoms with Crippen molar-refractivity contribution in [2.24, 2.45) is 0 Å². The summed E-state index contributed by atoms with van der Waals surface area (Å²) in [5.74, 6) is -0.146. The van der Waals surface area contributed by atoms with E-state index >= 15 is 0 Å². The molecule has 21 heavy (non-hydrogen) atoms. The Bertz CT molecular complexity index is 651. The zero-order valence-electron chi connectivity index (χ0n) is 12.7. The lowest BCUT2D eigenvalue weighted by atomic mass is 10.1. The average molecular weight is 304 g/mol. The molecule has 112 valence electrons. The van der Waals surface area contributed by atoms with Crippen LogP contribution in [0.25, 0.3) is 0 Å². The largest absolute Gasteiger partial charge is 0.397 e. The molecular weight excluding hydrogens is 284 g/mol. The zero-order chi connectivity index (χ0) is 15.6. The highest BCUT2D eigenvalue weighted by atomic mass is 32.1. The van der Waals surface area contributed by atoms with Crippen LogP contribution in [0, 0.1) is 6.92 Å². The molecule has 0 aliphatic heterocycles. The molecule has 3 N–H and O–H groups in total. The molecular formula is C15H20N4OS. The van der Waals surface area contributed by atoms with Crippen LogP contribution < -0.4 is 16.0 Å². The van der Waals surface area contributed by atoms with Crippen molar-refractivity contribution in [2.45, 2.75) is 19.9 Å². The van der Waals surface area contributed by atoms with Gasteiger partial charge in [0.05, 0.1) is 17.4 Å². The van der Waals surface area contributed by atoms with E-state index in [0.29, 0.717) is 11.3 Å². The Morgan fingerprint density at radius 3 is 2.67 bits per heavy atom. The van der Waals surface area contributed by atoms with Gasteiger partial charge in [-0.3, -0.25) is 4.79 Å². The van der Waals surface area contributed by atoms with Gasteiger partial charge in [0.15, 0.2) is 0 Å². The number of carbonyl (C=O) groups excluding carboxylic acids is 1. The predicted octanol–water partition coefficient (Wildman–Crippen LogP) is 2.59. The van der Waals surface area contributed by atoms with Crippen molar-refractivity contribution < 1.29 is 4.79 Å². The van der Waals surface area contributed by atoms with Crippen LogP contribution in [0.1, 0.15) is 33.2 Å². The molecule has 1 atom stereocenters. The molecule has 0 fully saturated rings. The fourth-order valence-corrected chi connectivity index (χ4v) is 2.79. The zero-order valence-corrected chi connectivity index (χ0v) is 13.5. The van der Waals surface area contributed by atoms with E-state index in [1.165, 1.54) is 0 Å². The van der Waals surface area contributed by atoms with Crippen molar-refractivity contribution in [1.29, 1.82) is 0 Å². The van der Waals surface area contributed by atoms with Gasteiger partial charge in [0.25, 0.3) is 5.91 Å². The summed E-state index contributed by atoms with van der Waals surface area (Å²) in [4.78, 5) is 19.6. The molecule has 0 aliphatic carbocycles. The number of benzene rings is 1. The molecule has 0 saturated heterocycles. The number of hydrogen-bond donors (Lipinski definition) is 2. The van der Waals surface area contributed by atoms with Crippen LogP contribution in [-0.2, 0) is 0 Å². The maximum Gasteiger partial charge on any atom is 0.251 e. The molecule has 1 unspecified atom stereocenters. The maximum atomic E-state index is 12.3. The second-order valence-corrected chi connectivity index (χ2v) is 6.44. The second-order valence-electron chi connectivity index (χ2n) is 5.17. The maximum absolute atomic E-state index is 12.3. The minimum atomic E-state index is -0.146. The number of carbonyl (C=O) groups is 1. The number of hydrogen-bond acceptors (Lipinski definition) is 5. The Balaban J connectivity index is 2.11. The lowest BCUT2D eigenvalue weighted by Crippen LogP contribution is -2.26. The average Bonchev–Trinajstić information content (AvgIpc) is 2.84. The number of nitrogen functional groups attached to an aromatic ring is 1. The van der Waals surface area contributed by atoms with Crippen molar-refractivity contribution in [3.8, 4) is 0 Å². The lowest BCUT2D eigenvalue weighted by Gasteiger charge is -2.16. The van der Waals surface area contributed by atoms with E-state index in [1.807, 2.05) is 45.1 Å². The number of nitrogens with zero attached hydrogens (tertiary/aromatic N) is 2. The SMILES string of the molecule is Cc1cnc(C(C)NC(=O)c2ccc(N(C)C)c(N)c2)s1. The highest BCUT2D eigenvalue weighted by Crippen LogP contribution is 2.23. The molecule has 1 aromatic heterocycles. The summed E-state index contributed by atoms with van der Waals surface area (Å²) >= 11 is 1.59. The van der Waals surface area contributed by atoms with Gasteiger partial charge in [-0.05, 0) is 32.0 Å². The Labute approximate surface area is 128 Å². The van der Waals surface area contributed by atoms with Gasteiger partial charge in [0.1, 0.15) is 5.01 Å². The fraction of sp³-hybridized carbons (Fsp3) is 0.333. The second kappa shape index (κ2) is 6.13. The summed E-state index contributed by atoms with van der Waals surface area (Å²) in [7, 11) is 3.83. The minimum Gasteiger partial charge on any atom is -0.397 e. The van der Waals surface area contributed by atoms with E-state index in [1.54, 1.807) is 23.5 Å². The first-order valence-electron chi connectivity index (χ1n) is 6.68. The van der Waals surface area contributed by atoms with Gasteiger partial charge in [-0.1, -0.05) is 0 Å². The van der Waals surface area contributed by atoms with E-state index in [9.17, 15) is 4.79 Å². The number of anilines is 2. The van der Waals surface area contributed by atoms with Crippen LogP contribution in [0.2, 0.25) is 0 Å². The summed E-state index contributed by atoms with van der Waals surface area (Å²) < 4.78 is 0. The first-order valence-corrected chi connectivity index (χ1v) is 7.50. The molecule has 0 bridgehead atoms. The van der Waals surface area contributed by atoms with E-state index < -0.39 is 0 Å². The lowest BCUT2D eigenvalue weighted by molar-refractivity contribution is 0.0940. The summed E-state index contributed by atoms with van der Waals surface area (Å²) in [5.41, 5.74) is 8.01. The molecule has 0 spiro atoms. The molecule has 1 aromatic carbocycles. The van der Waals surface area contributed by atoms with Gasteiger partial charge < -0.3 is 16.0 Å². The predicted molar refractivity (Wildman–Crippen MR) is 87.9 cm³/mol. The third kappa shape index (κ3) is 3.52. The van der Waals surface area contributed by atoms with Gasteiger partial charge in [-0.2, -0.15) is 0 Å². The summed E-state index contributed by atoms with van der Waals surface area (Å²) in [5, 5.41) is 3.84. The number of aryl methyl sites for hydroxylation is 1.